The SMILES string of the molecule is C=C/C=C(\C=C)CSC(C)=N. The van der Waals surface area contributed by atoms with Crippen molar-refractivity contribution in [1.82, 2.24) is 0 Å². The first-order valence-corrected chi connectivity index (χ1v) is 4.31. The highest BCUT2D eigenvalue weighted by Gasteiger charge is 1.92. The maximum Gasteiger partial charge on any atom is 0.0613 e. The molecule has 2 heteroatoms. The second-order valence-corrected chi connectivity index (χ2v) is 3.22. The van der Waals surface area contributed by atoms with Crippen molar-refractivity contribution in [3.8, 4) is 0 Å². The molecule has 11 heavy (non-hydrogen) atoms. The molecule has 1 N–H and O–H groups in total. The molecule has 0 aromatic rings. The molecule has 0 spiro atoms. The van der Waals surface area contributed by atoms with Crippen molar-refractivity contribution < 1.29 is 0 Å². The Hall–Kier alpha value is -0.760. The van der Waals surface area contributed by atoms with Crippen LogP contribution in [-0.4, -0.2) is 10.8 Å². The molecule has 1 nitrogen and oxygen atoms in total. The summed E-state index contributed by atoms with van der Waals surface area (Å²) >= 11 is 1.50. The van der Waals surface area contributed by atoms with Crippen molar-refractivity contribution >= 4 is 16.8 Å². The molecular weight excluding hydrogens is 154 g/mol. The molecule has 0 aliphatic rings. The first-order valence-electron chi connectivity index (χ1n) is 3.32. The molecule has 0 rings (SSSR count). The van der Waals surface area contributed by atoms with Crippen molar-refractivity contribution in [3.63, 3.8) is 0 Å². The molecule has 0 saturated carbocycles. The number of hydrogen-bond donors (Lipinski definition) is 1. The van der Waals surface area contributed by atoms with Gasteiger partial charge in [0.05, 0.1) is 5.04 Å². The van der Waals surface area contributed by atoms with E-state index >= 15 is 0 Å². The molecule has 0 aliphatic heterocycles. The minimum Gasteiger partial charge on any atom is -0.299 e. The second kappa shape index (κ2) is 5.98. The van der Waals surface area contributed by atoms with Crippen LogP contribution in [-0.2, 0) is 0 Å². The lowest BCUT2D eigenvalue weighted by molar-refractivity contribution is 1.52. The van der Waals surface area contributed by atoms with Gasteiger partial charge in [-0.3, -0.25) is 5.41 Å². The fourth-order valence-electron chi connectivity index (χ4n) is 0.518. The molecule has 0 saturated heterocycles. The lowest BCUT2D eigenvalue weighted by Gasteiger charge is -1.98. The van der Waals surface area contributed by atoms with Gasteiger partial charge in [0.2, 0.25) is 0 Å². The number of hydrogen-bond acceptors (Lipinski definition) is 2. The Balaban J connectivity index is 3.88. The quantitative estimate of drug-likeness (QED) is 0.388. The summed E-state index contributed by atoms with van der Waals surface area (Å²) in [7, 11) is 0. The smallest absolute Gasteiger partial charge is 0.0613 e. The molecule has 0 amide bonds. The van der Waals surface area contributed by atoms with E-state index in [-0.39, 0.29) is 0 Å². The predicted molar refractivity (Wildman–Crippen MR) is 54.3 cm³/mol. The predicted octanol–water partition coefficient (Wildman–Crippen LogP) is 3.02. The van der Waals surface area contributed by atoms with Crippen molar-refractivity contribution in [2.75, 3.05) is 5.75 Å². The Morgan fingerprint density at radius 3 is 2.55 bits per heavy atom. The molecule has 0 fully saturated rings. The summed E-state index contributed by atoms with van der Waals surface area (Å²) < 4.78 is 0. The highest BCUT2D eigenvalue weighted by atomic mass is 32.2. The van der Waals surface area contributed by atoms with Crippen LogP contribution in [0.5, 0.6) is 0 Å². The van der Waals surface area contributed by atoms with Crippen LogP contribution in [0, 0.1) is 5.41 Å². The zero-order valence-electron chi connectivity index (χ0n) is 6.76. The third-order valence-electron chi connectivity index (χ3n) is 1.05. The maximum atomic E-state index is 7.17. The average Bonchev–Trinajstić information content (AvgIpc) is 1.97. The fraction of sp³-hybridized carbons (Fsp3) is 0.222. The van der Waals surface area contributed by atoms with Crippen LogP contribution in [0.1, 0.15) is 6.92 Å². The van der Waals surface area contributed by atoms with Gasteiger partial charge >= 0.3 is 0 Å². The summed E-state index contributed by atoms with van der Waals surface area (Å²) in [6.07, 6.45) is 5.43. The standard InChI is InChI=1S/C9H13NS/c1-4-6-9(5-2)7-11-8(3)10/h4-6,10H,1-2,7H2,3H3/b9-6+,10-8?. The van der Waals surface area contributed by atoms with Crippen molar-refractivity contribution in [3.05, 3.63) is 37.0 Å². The molecule has 0 atom stereocenters. The van der Waals surface area contributed by atoms with Gasteiger partial charge in [0.1, 0.15) is 0 Å². The number of thioether (sulfide) groups is 1. The van der Waals surface area contributed by atoms with Crippen LogP contribution in [0.4, 0.5) is 0 Å². The number of allylic oxidation sites excluding steroid dienone is 3. The third kappa shape index (κ3) is 5.67. The number of rotatable bonds is 4. The van der Waals surface area contributed by atoms with E-state index in [2.05, 4.69) is 13.2 Å². The summed E-state index contributed by atoms with van der Waals surface area (Å²) in [6, 6.07) is 0. The van der Waals surface area contributed by atoms with E-state index in [1.807, 2.05) is 6.08 Å². The number of nitrogens with one attached hydrogen (secondary N) is 1. The summed E-state index contributed by atoms with van der Waals surface area (Å²) in [4.78, 5) is 0. The topological polar surface area (TPSA) is 23.9 Å². The van der Waals surface area contributed by atoms with Gasteiger partial charge in [-0.05, 0) is 12.5 Å². The molecule has 0 heterocycles. The lowest BCUT2D eigenvalue weighted by atomic mass is 10.3. The molecule has 0 bridgehead atoms. The summed E-state index contributed by atoms with van der Waals surface area (Å²) in [5.41, 5.74) is 1.11. The molecule has 60 valence electrons. The highest BCUT2D eigenvalue weighted by molar-refractivity contribution is 8.13. The Morgan fingerprint density at radius 1 is 1.55 bits per heavy atom. The fourth-order valence-corrected chi connectivity index (χ4v) is 1.12. The van der Waals surface area contributed by atoms with Crippen molar-refractivity contribution in [2.24, 2.45) is 0 Å². The maximum absolute atomic E-state index is 7.17. The van der Waals surface area contributed by atoms with Gasteiger partial charge in [0.25, 0.3) is 0 Å². The normalized spacial score (nSPS) is 10.8. The average molecular weight is 167 g/mol. The summed E-state index contributed by atoms with van der Waals surface area (Å²) in [5, 5.41) is 7.80. The van der Waals surface area contributed by atoms with E-state index in [0.29, 0.717) is 5.04 Å². The van der Waals surface area contributed by atoms with Crippen LogP contribution in [0.15, 0.2) is 37.0 Å². The van der Waals surface area contributed by atoms with Crippen LogP contribution >= 0.6 is 11.8 Å². The zero-order valence-corrected chi connectivity index (χ0v) is 7.58. The Bertz CT molecular complexity index is 192. The van der Waals surface area contributed by atoms with Crippen LogP contribution in [0.3, 0.4) is 0 Å². The van der Waals surface area contributed by atoms with E-state index in [4.69, 9.17) is 5.41 Å². The first-order chi connectivity index (χ1) is 5.20. The Morgan fingerprint density at radius 2 is 2.18 bits per heavy atom. The van der Waals surface area contributed by atoms with Crippen LogP contribution in [0.25, 0.3) is 0 Å². The monoisotopic (exact) mass is 167 g/mol. The summed E-state index contributed by atoms with van der Waals surface area (Å²) in [5.74, 6) is 0.810. The van der Waals surface area contributed by atoms with Crippen LogP contribution in [0.2, 0.25) is 0 Å². The first kappa shape index (κ1) is 10.2. The molecule has 0 aromatic heterocycles. The highest BCUT2D eigenvalue weighted by Crippen LogP contribution is 2.09. The molecule has 0 radical (unpaired) electrons. The van der Waals surface area contributed by atoms with Crippen molar-refractivity contribution in [2.45, 2.75) is 6.92 Å². The van der Waals surface area contributed by atoms with Gasteiger partial charge in [0, 0.05) is 5.75 Å². The van der Waals surface area contributed by atoms with Gasteiger partial charge in [-0.2, -0.15) is 0 Å². The minimum atomic E-state index is 0.627. The second-order valence-electron chi connectivity index (χ2n) is 2.03. The van der Waals surface area contributed by atoms with E-state index in [0.717, 1.165) is 11.3 Å². The van der Waals surface area contributed by atoms with Gasteiger partial charge in [-0.1, -0.05) is 31.4 Å². The van der Waals surface area contributed by atoms with Crippen LogP contribution < -0.4 is 0 Å². The summed E-state index contributed by atoms with van der Waals surface area (Å²) in [6.45, 7) is 9.02. The van der Waals surface area contributed by atoms with E-state index in [9.17, 15) is 0 Å². The van der Waals surface area contributed by atoms with Gasteiger partial charge < -0.3 is 0 Å². The van der Waals surface area contributed by atoms with Gasteiger partial charge in [0.15, 0.2) is 0 Å². The third-order valence-corrected chi connectivity index (χ3v) is 1.96. The van der Waals surface area contributed by atoms with Crippen molar-refractivity contribution in [1.29, 1.82) is 5.41 Å². The minimum absolute atomic E-state index is 0.627. The molecule has 0 aromatic carbocycles. The largest absolute Gasteiger partial charge is 0.299 e. The molecule has 0 unspecified atom stereocenters. The molecular formula is C9H13NS. The Kier molecular flexibility index (Phi) is 5.57. The van der Waals surface area contributed by atoms with E-state index in [1.54, 1.807) is 19.1 Å². The molecule has 0 aliphatic carbocycles. The van der Waals surface area contributed by atoms with Gasteiger partial charge in [-0.15, -0.1) is 11.8 Å². The Labute approximate surface area is 72.4 Å². The van der Waals surface area contributed by atoms with E-state index in [1.165, 1.54) is 11.8 Å². The lowest BCUT2D eigenvalue weighted by Crippen LogP contribution is -1.86. The zero-order chi connectivity index (χ0) is 8.69. The van der Waals surface area contributed by atoms with E-state index < -0.39 is 0 Å². The van der Waals surface area contributed by atoms with Gasteiger partial charge in [-0.25, -0.2) is 0 Å².